The molecular formula is C44H36N6O7S3. The van der Waals surface area contributed by atoms with E-state index in [4.69, 9.17) is 15.3 Å². The molecule has 5 aromatic carbocycles. The van der Waals surface area contributed by atoms with Crippen molar-refractivity contribution in [3.05, 3.63) is 196 Å². The van der Waals surface area contributed by atoms with E-state index in [1.807, 2.05) is 103 Å². The fraction of sp³-hybridized carbons (Fsp3) is 0.136. The van der Waals surface area contributed by atoms with Crippen LogP contribution in [0.1, 0.15) is 39.7 Å². The molecule has 1 aromatic heterocycles. The summed E-state index contributed by atoms with van der Waals surface area (Å²) in [4.78, 5) is 54.3. The second kappa shape index (κ2) is 16.9. The molecule has 13 nitrogen and oxygen atoms in total. The summed E-state index contributed by atoms with van der Waals surface area (Å²) in [7, 11) is -4.00. The van der Waals surface area contributed by atoms with Gasteiger partial charge in [-0.15, -0.1) is 11.8 Å². The number of benzene rings is 5. The molecule has 1 fully saturated rings. The highest BCUT2D eigenvalue weighted by Crippen LogP contribution is 2.44. The largest absolute Gasteiger partial charge is 0.448 e. The summed E-state index contributed by atoms with van der Waals surface area (Å²) in [6.45, 7) is 0. The number of sulfone groups is 1. The predicted octanol–water partition coefficient (Wildman–Crippen LogP) is 5.82. The van der Waals surface area contributed by atoms with Gasteiger partial charge < -0.3 is 20.6 Å². The Labute approximate surface area is 354 Å². The molecule has 2 amide bonds. The number of carbonyl (C=O) groups excluding carboxylic acids is 3. The minimum absolute atomic E-state index is 0.0607. The second-order valence-corrected chi connectivity index (χ2v) is 17.7. The number of esters is 1. The van der Waals surface area contributed by atoms with Gasteiger partial charge in [-0.25, -0.2) is 13.2 Å². The number of hydrogen-bond acceptors (Lipinski definition) is 13. The van der Waals surface area contributed by atoms with E-state index in [1.165, 1.54) is 0 Å². The van der Waals surface area contributed by atoms with Crippen LogP contribution in [0, 0.1) is 0 Å². The molecule has 3 heterocycles. The number of hydrogen-bond donors (Lipinski definition) is 2. The van der Waals surface area contributed by atoms with Crippen LogP contribution in [0.2, 0.25) is 0 Å². The highest BCUT2D eigenvalue weighted by atomic mass is 32.2. The molecule has 60 heavy (non-hydrogen) atoms. The van der Waals surface area contributed by atoms with E-state index >= 15 is 0 Å². The number of rotatable bonds is 13. The molecule has 16 heteroatoms. The summed E-state index contributed by atoms with van der Waals surface area (Å²) in [6.07, 6.45) is 0.0568. The first-order valence-electron chi connectivity index (χ1n) is 18.6. The van der Waals surface area contributed by atoms with Crippen LogP contribution < -0.4 is 11.1 Å². The SMILES string of the molecule is CS(=O)(=O)C1=C(C(=O)OC(c2ccccc2)c2ccccc2)N2C(=O)[C@@H](NC(=O)/C(=N\OC(c3ccccc3)(c3ccccc3)c3ccccc3)c3nsc(N)n3)C2SC1. The molecule has 0 radical (unpaired) electrons. The molecular weight excluding hydrogens is 821 g/mol. The average Bonchev–Trinajstić information content (AvgIpc) is 3.72. The third kappa shape index (κ3) is 7.79. The number of aromatic nitrogens is 2. The van der Waals surface area contributed by atoms with Gasteiger partial charge in [-0.3, -0.25) is 14.5 Å². The number of oxime groups is 1. The quantitative estimate of drug-likeness (QED) is 0.0469. The molecule has 0 spiro atoms. The van der Waals surface area contributed by atoms with Crippen molar-refractivity contribution in [1.82, 2.24) is 19.6 Å². The number of anilines is 1. The Hall–Kier alpha value is -6.62. The van der Waals surface area contributed by atoms with Crippen LogP contribution in [0.25, 0.3) is 0 Å². The summed E-state index contributed by atoms with van der Waals surface area (Å²) in [5.74, 6) is -2.91. The zero-order valence-electron chi connectivity index (χ0n) is 31.8. The number of ether oxygens (including phenoxy) is 1. The van der Waals surface area contributed by atoms with E-state index in [9.17, 15) is 22.8 Å². The van der Waals surface area contributed by atoms with Gasteiger partial charge in [0.05, 0.1) is 4.91 Å². The monoisotopic (exact) mass is 856 g/mol. The zero-order chi connectivity index (χ0) is 41.9. The Balaban J connectivity index is 1.13. The highest BCUT2D eigenvalue weighted by molar-refractivity contribution is 8.02. The third-order valence-corrected chi connectivity index (χ3v) is 13.2. The number of carbonyl (C=O) groups is 3. The minimum atomic E-state index is -4.00. The number of nitrogens with one attached hydrogen (secondary N) is 1. The minimum Gasteiger partial charge on any atom is -0.448 e. The van der Waals surface area contributed by atoms with E-state index in [-0.39, 0.29) is 27.3 Å². The summed E-state index contributed by atoms with van der Waals surface area (Å²) < 4.78 is 36.6. The van der Waals surface area contributed by atoms with Crippen molar-refractivity contribution in [2.45, 2.75) is 23.1 Å². The number of β-lactam (4-membered cyclic amide) rings is 1. The van der Waals surface area contributed by atoms with Crippen molar-refractivity contribution in [1.29, 1.82) is 0 Å². The van der Waals surface area contributed by atoms with Crippen molar-refractivity contribution in [2.24, 2.45) is 5.16 Å². The van der Waals surface area contributed by atoms with Gasteiger partial charge in [-0.1, -0.05) is 157 Å². The van der Waals surface area contributed by atoms with Crippen molar-refractivity contribution in [3.8, 4) is 0 Å². The maximum Gasteiger partial charge on any atom is 0.357 e. The second-order valence-electron chi connectivity index (χ2n) is 13.8. The van der Waals surface area contributed by atoms with Gasteiger partial charge >= 0.3 is 5.97 Å². The Morgan fingerprint density at radius 2 is 1.30 bits per heavy atom. The maximum atomic E-state index is 14.4. The molecule has 302 valence electrons. The lowest BCUT2D eigenvalue weighted by molar-refractivity contribution is -0.154. The molecule has 2 aliphatic rings. The zero-order valence-corrected chi connectivity index (χ0v) is 34.3. The van der Waals surface area contributed by atoms with Crippen LogP contribution in [0.3, 0.4) is 0 Å². The van der Waals surface area contributed by atoms with Crippen molar-refractivity contribution < 1.29 is 32.4 Å². The first kappa shape index (κ1) is 40.2. The van der Waals surface area contributed by atoms with E-state index in [0.29, 0.717) is 27.8 Å². The van der Waals surface area contributed by atoms with E-state index in [0.717, 1.165) is 34.5 Å². The summed E-state index contributed by atoms with van der Waals surface area (Å²) in [5, 5.41) is 6.38. The lowest BCUT2D eigenvalue weighted by atomic mass is 9.80. The first-order valence-corrected chi connectivity index (χ1v) is 22.3. The van der Waals surface area contributed by atoms with Gasteiger partial charge in [0.15, 0.2) is 21.1 Å². The van der Waals surface area contributed by atoms with E-state index < -0.39 is 56.4 Å². The smallest absolute Gasteiger partial charge is 0.357 e. The van der Waals surface area contributed by atoms with Crippen LogP contribution in [0.15, 0.2) is 167 Å². The Bertz CT molecular complexity index is 2570. The molecule has 0 bridgehead atoms. The number of nitrogens with two attached hydrogens (primary N) is 1. The van der Waals surface area contributed by atoms with Crippen LogP contribution in [0.5, 0.6) is 0 Å². The van der Waals surface area contributed by atoms with Crippen molar-refractivity contribution in [2.75, 3.05) is 17.7 Å². The summed E-state index contributed by atoms with van der Waals surface area (Å²) in [6, 6.07) is 44.9. The molecule has 1 saturated heterocycles. The fourth-order valence-electron chi connectivity index (χ4n) is 7.13. The van der Waals surface area contributed by atoms with Crippen molar-refractivity contribution in [3.63, 3.8) is 0 Å². The summed E-state index contributed by atoms with van der Waals surface area (Å²) >= 11 is 1.92. The number of nitrogen functional groups attached to an aromatic ring is 1. The van der Waals surface area contributed by atoms with Crippen LogP contribution in [-0.2, 0) is 39.4 Å². The lowest BCUT2D eigenvalue weighted by Gasteiger charge is -2.49. The molecule has 3 N–H and O–H groups in total. The molecule has 0 saturated carbocycles. The van der Waals surface area contributed by atoms with E-state index in [1.54, 1.807) is 48.5 Å². The normalized spacial score (nSPS) is 16.8. The number of nitrogens with zero attached hydrogens (tertiary/aromatic N) is 4. The topological polar surface area (TPSA) is 183 Å². The molecule has 0 aliphatic carbocycles. The molecule has 8 rings (SSSR count). The third-order valence-electron chi connectivity index (χ3n) is 9.97. The Kier molecular flexibility index (Phi) is 11.3. The highest BCUT2D eigenvalue weighted by Gasteiger charge is 2.56. The molecule has 2 atom stereocenters. The average molecular weight is 857 g/mol. The Morgan fingerprint density at radius 3 is 1.75 bits per heavy atom. The van der Waals surface area contributed by atoms with Crippen LogP contribution in [-0.4, -0.2) is 69.6 Å². The van der Waals surface area contributed by atoms with Gasteiger partial charge in [0.25, 0.3) is 11.8 Å². The standard InChI is InChI=1S/C44H36N6O7S3/c1-60(54,55)33-27-58-41-35(40(52)50(41)36(33)42(53)56-37(28-17-7-2-8-18-28)29-19-9-3-10-20-29)46-39(51)34(38-47-43(45)59-49-38)48-57-44(30-21-11-4-12-22-30,31-23-13-5-14-24-31)32-25-15-6-16-26-32/h2-26,35,37,41H,27H2,1H3,(H,46,51)(H2,45,47,49)/b48-34-/t35-,41?/m1/s1. The van der Waals surface area contributed by atoms with Gasteiger partial charge in [0.2, 0.25) is 17.1 Å². The number of thioether (sulfide) groups is 1. The Morgan fingerprint density at radius 1 is 0.817 bits per heavy atom. The number of fused-ring (bicyclic) bond motifs is 1. The molecule has 6 aromatic rings. The van der Waals surface area contributed by atoms with Gasteiger partial charge in [0, 0.05) is 40.2 Å². The first-order chi connectivity index (χ1) is 29.1. The predicted molar refractivity (Wildman–Crippen MR) is 229 cm³/mol. The van der Waals surface area contributed by atoms with Crippen LogP contribution >= 0.6 is 23.3 Å². The molecule has 1 unspecified atom stereocenters. The van der Waals surface area contributed by atoms with Crippen LogP contribution in [0.4, 0.5) is 5.13 Å². The van der Waals surface area contributed by atoms with E-state index in [2.05, 4.69) is 19.8 Å². The van der Waals surface area contributed by atoms with Crippen molar-refractivity contribution >= 4 is 61.8 Å². The fourth-order valence-corrected chi connectivity index (χ4v) is 10.3. The molecule has 2 aliphatic heterocycles. The van der Waals surface area contributed by atoms with Gasteiger partial charge in [-0.2, -0.15) is 9.36 Å². The summed E-state index contributed by atoms with van der Waals surface area (Å²) in [5.41, 5.74) is 7.21. The maximum absolute atomic E-state index is 14.4. The lowest BCUT2D eigenvalue weighted by Crippen LogP contribution is -2.71. The number of amides is 2. The van der Waals surface area contributed by atoms with Gasteiger partial charge in [-0.05, 0) is 11.1 Å². The van der Waals surface area contributed by atoms with Gasteiger partial charge in [0.1, 0.15) is 17.1 Å².